The molecule has 0 aromatic heterocycles. The zero-order chi connectivity index (χ0) is 13.7. The van der Waals surface area contributed by atoms with Crippen LogP contribution in [-0.4, -0.2) is 41.8 Å². The zero-order valence-electron chi connectivity index (χ0n) is 10.8. The molecule has 1 N–H and O–H groups in total. The minimum atomic E-state index is -2.61. The Labute approximate surface area is 106 Å². The van der Waals surface area contributed by atoms with Crippen molar-refractivity contribution in [2.24, 2.45) is 0 Å². The monoisotopic (exact) mass is 262 g/mol. The summed E-state index contributed by atoms with van der Waals surface area (Å²) in [5.41, 5.74) is 0. The lowest BCUT2D eigenvalue weighted by Crippen LogP contribution is -2.63. The molecule has 1 aliphatic rings. The summed E-state index contributed by atoms with van der Waals surface area (Å²) in [6, 6.07) is -1.39. The molecule has 0 bridgehead atoms. The van der Waals surface area contributed by atoms with Crippen molar-refractivity contribution in [3.8, 4) is 0 Å². The number of hydrogen-bond donors (Lipinski definition) is 1. The third-order valence-electron chi connectivity index (χ3n) is 3.05. The highest BCUT2D eigenvalue weighted by Gasteiger charge is 2.40. The SMILES string of the molecule is CCCC1NC(=O)C(CCC)N(CC(F)F)C1=O. The minimum Gasteiger partial charge on any atom is -0.343 e. The van der Waals surface area contributed by atoms with Crippen LogP contribution in [0.2, 0.25) is 0 Å². The molecule has 1 fully saturated rings. The van der Waals surface area contributed by atoms with E-state index in [9.17, 15) is 18.4 Å². The lowest BCUT2D eigenvalue weighted by atomic mass is 10.0. The molecule has 0 spiro atoms. The first-order chi connectivity index (χ1) is 8.51. The van der Waals surface area contributed by atoms with Gasteiger partial charge in [-0.05, 0) is 12.8 Å². The van der Waals surface area contributed by atoms with Gasteiger partial charge >= 0.3 is 0 Å². The second kappa shape index (κ2) is 6.66. The lowest BCUT2D eigenvalue weighted by Gasteiger charge is -2.38. The fourth-order valence-electron chi connectivity index (χ4n) is 2.24. The van der Waals surface area contributed by atoms with E-state index in [2.05, 4.69) is 5.32 Å². The fraction of sp³-hybridized carbons (Fsp3) is 0.833. The Hall–Kier alpha value is -1.20. The first kappa shape index (κ1) is 14.9. The quantitative estimate of drug-likeness (QED) is 0.789. The molecule has 6 heteroatoms. The maximum absolute atomic E-state index is 12.5. The average Bonchev–Trinajstić information content (AvgIpc) is 2.30. The summed E-state index contributed by atoms with van der Waals surface area (Å²) >= 11 is 0. The van der Waals surface area contributed by atoms with Gasteiger partial charge in [0.05, 0.1) is 6.54 Å². The van der Waals surface area contributed by atoms with E-state index in [0.29, 0.717) is 19.3 Å². The molecule has 0 aliphatic carbocycles. The summed E-state index contributed by atoms with van der Waals surface area (Å²) in [6.07, 6.45) is -0.311. The second-order valence-electron chi connectivity index (χ2n) is 4.54. The highest BCUT2D eigenvalue weighted by atomic mass is 19.3. The zero-order valence-corrected chi connectivity index (χ0v) is 10.8. The average molecular weight is 262 g/mol. The van der Waals surface area contributed by atoms with Gasteiger partial charge in [-0.2, -0.15) is 0 Å². The van der Waals surface area contributed by atoms with Gasteiger partial charge < -0.3 is 10.2 Å². The normalized spacial score (nSPS) is 24.6. The summed E-state index contributed by atoms with van der Waals surface area (Å²) in [5.74, 6) is -0.689. The third-order valence-corrected chi connectivity index (χ3v) is 3.05. The third kappa shape index (κ3) is 3.40. The van der Waals surface area contributed by atoms with E-state index >= 15 is 0 Å². The molecular weight excluding hydrogens is 242 g/mol. The Bertz CT molecular complexity index is 310. The number of amides is 2. The molecular formula is C12H20F2N2O2. The van der Waals surface area contributed by atoms with Gasteiger partial charge in [0.25, 0.3) is 6.43 Å². The van der Waals surface area contributed by atoms with Gasteiger partial charge in [0.2, 0.25) is 11.8 Å². The van der Waals surface area contributed by atoms with E-state index in [4.69, 9.17) is 0 Å². The molecule has 0 radical (unpaired) electrons. The van der Waals surface area contributed by atoms with Crippen LogP contribution in [-0.2, 0) is 9.59 Å². The molecule has 104 valence electrons. The van der Waals surface area contributed by atoms with Crippen molar-refractivity contribution in [2.75, 3.05) is 6.54 Å². The number of alkyl halides is 2. The Morgan fingerprint density at radius 2 is 1.83 bits per heavy atom. The van der Waals surface area contributed by atoms with Gasteiger partial charge in [0.15, 0.2) is 0 Å². The van der Waals surface area contributed by atoms with Crippen LogP contribution < -0.4 is 5.32 Å². The first-order valence-corrected chi connectivity index (χ1v) is 6.40. The van der Waals surface area contributed by atoms with E-state index in [-0.39, 0.29) is 11.8 Å². The number of piperazine rings is 1. The molecule has 2 atom stereocenters. The number of hydrogen-bond acceptors (Lipinski definition) is 2. The molecule has 2 amide bonds. The minimum absolute atomic E-state index is 0.310. The van der Waals surface area contributed by atoms with Crippen LogP contribution in [0.25, 0.3) is 0 Å². The number of halogens is 2. The molecule has 1 rings (SSSR count). The van der Waals surface area contributed by atoms with E-state index in [0.717, 1.165) is 11.3 Å². The van der Waals surface area contributed by atoms with Crippen molar-refractivity contribution in [1.29, 1.82) is 0 Å². The van der Waals surface area contributed by atoms with Gasteiger partial charge in [-0.1, -0.05) is 26.7 Å². The van der Waals surface area contributed by atoms with Crippen molar-refractivity contribution in [2.45, 2.75) is 58.0 Å². The molecule has 1 aliphatic heterocycles. The smallest absolute Gasteiger partial charge is 0.255 e. The number of nitrogens with zero attached hydrogens (tertiary/aromatic N) is 1. The lowest BCUT2D eigenvalue weighted by molar-refractivity contribution is -0.151. The molecule has 18 heavy (non-hydrogen) atoms. The molecule has 2 unspecified atom stereocenters. The Morgan fingerprint density at radius 1 is 1.22 bits per heavy atom. The van der Waals surface area contributed by atoms with Gasteiger partial charge in [-0.15, -0.1) is 0 Å². The number of carbonyl (C=O) groups excluding carboxylic acids is 2. The molecule has 4 nitrogen and oxygen atoms in total. The Balaban J connectivity index is 2.85. The van der Waals surface area contributed by atoms with Gasteiger partial charge in [-0.25, -0.2) is 8.78 Å². The van der Waals surface area contributed by atoms with Gasteiger partial charge in [-0.3, -0.25) is 9.59 Å². The standard InChI is InChI=1S/C12H20F2N2O2/c1-3-5-8-12(18)16(7-10(13)14)9(6-4-2)11(17)15-8/h8-10H,3-7H2,1-2H3,(H,15,17). The topological polar surface area (TPSA) is 49.4 Å². The number of nitrogens with one attached hydrogen (secondary N) is 1. The summed E-state index contributed by atoms with van der Waals surface area (Å²) in [5, 5.41) is 2.63. The fourth-order valence-corrected chi connectivity index (χ4v) is 2.24. The van der Waals surface area contributed by atoms with E-state index in [1.54, 1.807) is 0 Å². The Kier molecular flexibility index (Phi) is 5.50. The summed E-state index contributed by atoms with van der Waals surface area (Å²) < 4.78 is 25.0. The summed E-state index contributed by atoms with van der Waals surface area (Å²) in [7, 11) is 0. The highest BCUT2D eigenvalue weighted by Crippen LogP contribution is 2.18. The van der Waals surface area contributed by atoms with Gasteiger partial charge in [0.1, 0.15) is 12.1 Å². The summed E-state index contributed by atoms with van der Waals surface area (Å²) in [4.78, 5) is 25.0. The number of rotatable bonds is 6. The maximum Gasteiger partial charge on any atom is 0.255 e. The van der Waals surface area contributed by atoms with Crippen LogP contribution in [0.15, 0.2) is 0 Å². The van der Waals surface area contributed by atoms with Crippen molar-refractivity contribution in [3.05, 3.63) is 0 Å². The molecule has 0 aromatic carbocycles. The van der Waals surface area contributed by atoms with Crippen molar-refractivity contribution >= 4 is 11.8 Å². The first-order valence-electron chi connectivity index (χ1n) is 6.40. The predicted octanol–water partition coefficient (Wildman–Crippen LogP) is 1.55. The van der Waals surface area contributed by atoms with Crippen LogP contribution in [0.3, 0.4) is 0 Å². The maximum atomic E-state index is 12.5. The largest absolute Gasteiger partial charge is 0.343 e. The van der Waals surface area contributed by atoms with Gasteiger partial charge in [0, 0.05) is 0 Å². The van der Waals surface area contributed by atoms with Crippen LogP contribution in [0.5, 0.6) is 0 Å². The van der Waals surface area contributed by atoms with Crippen LogP contribution in [0.4, 0.5) is 8.78 Å². The van der Waals surface area contributed by atoms with Crippen LogP contribution in [0.1, 0.15) is 39.5 Å². The molecule has 0 saturated carbocycles. The Morgan fingerprint density at radius 3 is 2.33 bits per heavy atom. The van der Waals surface area contributed by atoms with Crippen molar-refractivity contribution in [1.82, 2.24) is 10.2 Å². The molecule has 1 heterocycles. The van der Waals surface area contributed by atoms with Crippen molar-refractivity contribution < 1.29 is 18.4 Å². The predicted molar refractivity (Wildman–Crippen MR) is 63.3 cm³/mol. The molecule has 1 saturated heterocycles. The van der Waals surface area contributed by atoms with Crippen molar-refractivity contribution in [3.63, 3.8) is 0 Å². The van der Waals surface area contributed by atoms with E-state index in [1.807, 2.05) is 13.8 Å². The molecule has 0 aromatic rings. The van der Waals surface area contributed by atoms with Crippen LogP contribution >= 0.6 is 0 Å². The second-order valence-corrected chi connectivity index (χ2v) is 4.54. The number of carbonyl (C=O) groups is 2. The highest BCUT2D eigenvalue weighted by molar-refractivity contribution is 5.96. The van der Waals surface area contributed by atoms with E-state index in [1.165, 1.54) is 0 Å². The summed E-state index contributed by atoms with van der Waals surface area (Å²) in [6.45, 7) is 3.09. The van der Waals surface area contributed by atoms with E-state index < -0.39 is 25.1 Å². The van der Waals surface area contributed by atoms with Crippen LogP contribution in [0, 0.1) is 0 Å².